The van der Waals surface area contributed by atoms with Crippen LogP contribution in [0, 0.1) is 18.3 Å². The maximum Gasteiger partial charge on any atom is 0.312 e. The summed E-state index contributed by atoms with van der Waals surface area (Å²) in [6.07, 6.45) is 0.00641. The lowest BCUT2D eigenvalue weighted by Crippen LogP contribution is -2.21. The zero-order chi connectivity index (χ0) is 19.9. The molecule has 0 spiro atoms. The van der Waals surface area contributed by atoms with Crippen molar-refractivity contribution in [3.63, 3.8) is 0 Å². The van der Waals surface area contributed by atoms with Crippen LogP contribution in [-0.2, 0) is 20.7 Å². The summed E-state index contributed by atoms with van der Waals surface area (Å²) >= 11 is 1.46. The van der Waals surface area contributed by atoms with Crippen LogP contribution in [0.25, 0.3) is 10.6 Å². The monoisotopic (exact) mass is 391 g/mol. The second-order valence-electron chi connectivity index (χ2n) is 6.09. The second kappa shape index (κ2) is 8.93. The minimum atomic E-state index is -0.518. The molecule has 0 aliphatic rings. The highest BCUT2D eigenvalue weighted by atomic mass is 32.1. The van der Waals surface area contributed by atoms with Crippen molar-refractivity contribution in [2.75, 3.05) is 11.9 Å². The van der Waals surface area contributed by atoms with E-state index in [1.165, 1.54) is 11.3 Å². The lowest BCUT2D eigenvalue weighted by Gasteiger charge is -2.06. The third-order valence-electron chi connectivity index (χ3n) is 3.80. The van der Waals surface area contributed by atoms with Crippen LogP contribution in [0.2, 0.25) is 0 Å². The van der Waals surface area contributed by atoms with Gasteiger partial charge in [0.2, 0.25) is 0 Å². The molecular formula is C21H17N3O3S. The smallest absolute Gasteiger partial charge is 0.312 e. The molecule has 0 saturated carbocycles. The summed E-state index contributed by atoms with van der Waals surface area (Å²) in [6, 6.07) is 16.4. The first-order chi connectivity index (χ1) is 13.5. The Morgan fingerprint density at radius 1 is 1.21 bits per heavy atom. The number of esters is 1. The number of benzene rings is 2. The Morgan fingerprint density at radius 3 is 2.71 bits per heavy atom. The van der Waals surface area contributed by atoms with Crippen molar-refractivity contribution in [2.24, 2.45) is 0 Å². The van der Waals surface area contributed by atoms with Gasteiger partial charge in [0.25, 0.3) is 5.91 Å². The number of anilines is 1. The average molecular weight is 391 g/mol. The van der Waals surface area contributed by atoms with E-state index in [4.69, 9.17) is 10.00 Å². The molecule has 0 bridgehead atoms. The number of thiazole rings is 1. The molecule has 1 aromatic heterocycles. The highest BCUT2D eigenvalue weighted by molar-refractivity contribution is 7.13. The SMILES string of the molecule is Cc1cccc(-c2nc(CC(=O)OCC(=O)Nc3ccc(C#N)cc3)cs2)c1. The van der Waals surface area contributed by atoms with Crippen LogP contribution in [0.15, 0.2) is 53.9 Å². The molecule has 2 aromatic carbocycles. The molecule has 6 nitrogen and oxygen atoms in total. The van der Waals surface area contributed by atoms with Gasteiger partial charge in [0.15, 0.2) is 6.61 Å². The van der Waals surface area contributed by atoms with Crippen LogP contribution in [0.1, 0.15) is 16.8 Å². The van der Waals surface area contributed by atoms with Gasteiger partial charge < -0.3 is 10.1 Å². The first-order valence-corrected chi connectivity index (χ1v) is 9.38. The quantitative estimate of drug-likeness (QED) is 0.647. The highest BCUT2D eigenvalue weighted by Crippen LogP contribution is 2.24. The molecule has 1 heterocycles. The molecule has 3 rings (SSSR count). The molecule has 140 valence electrons. The Balaban J connectivity index is 1.49. The molecule has 1 amide bonds. The number of hydrogen-bond donors (Lipinski definition) is 1. The van der Waals surface area contributed by atoms with Crippen molar-refractivity contribution in [3.05, 3.63) is 70.7 Å². The van der Waals surface area contributed by atoms with E-state index in [-0.39, 0.29) is 13.0 Å². The predicted molar refractivity (Wildman–Crippen MR) is 107 cm³/mol. The summed E-state index contributed by atoms with van der Waals surface area (Å²) in [6.45, 7) is 1.63. The van der Waals surface area contributed by atoms with Crippen molar-refractivity contribution in [1.82, 2.24) is 4.98 Å². The first kappa shape index (κ1) is 19.3. The Bertz CT molecular complexity index is 1040. The minimum absolute atomic E-state index is 0.00641. The topological polar surface area (TPSA) is 92.1 Å². The lowest BCUT2D eigenvalue weighted by atomic mass is 10.1. The minimum Gasteiger partial charge on any atom is -0.455 e. The number of carbonyl (C=O) groups is 2. The van der Waals surface area contributed by atoms with Gasteiger partial charge in [0, 0.05) is 16.6 Å². The van der Waals surface area contributed by atoms with Crippen LogP contribution in [0.3, 0.4) is 0 Å². The molecule has 0 unspecified atom stereocenters. The van der Waals surface area contributed by atoms with Crippen LogP contribution >= 0.6 is 11.3 Å². The standard InChI is InChI=1S/C21H17N3O3S/c1-14-3-2-4-16(9-14)21-24-18(13-28-21)10-20(26)27-12-19(25)23-17-7-5-15(11-22)6-8-17/h2-9,13H,10,12H2,1H3,(H,23,25). The van der Waals surface area contributed by atoms with Gasteiger partial charge in [-0.25, -0.2) is 4.98 Å². The van der Waals surface area contributed by atoms with E-state index in [9.17, 15) is 9.59 Å². The molecule has 7 heteroatoms. The maximum atomic E-state index is 12.0. The van der Waals surface area contributed by atoms with Crippen LogP contribution < -0.4 is 5.32 Å². The van der Waals surface area contributed by atoms with Gasteiger partial charge in [-0.2, -0.15) is 5.26 Å². The summed E-state index contributed by atoms with van der Waals surface area (Å²) < 4.78 is 5.02. The second-order valence-corrected chi connectivity index (χ2v) is 6.95. The van der Waals surface area contributed by atoms with Crippen LogP contribution in [0.4, 0.5) is 5.69 Å². The molecule has 1 N–H and O–H groups in total. The van der Waals surface area contributed by atoms with E-state index >= 15 is 0 Å². The summed E-state index contributed by atoms with van der Waals surface area (Å²) in [5.41, 5.74) is 3.78. The fourth-order valence-electron chi connectivity index (χ4n) is 2.47. The van der Waals surface area contributed by atoms with Gasteiger partial charge in [-0.3, -0.25) is 9.59 Å². The van der Waals surface area contributed by atoms with Crippen molar-refractivity contribution in [2.45, 2.75) is 13.3 Å². The number of nitrogens with one attached hydrogen (secondary N) is 1. The molecule has 28 heavy (non-hydrogen) atoms. The number of amides is 1. The Labute approximate surface area is 166 Å². The zero-order valence-corrected chi connectivity index (χ0v) is 16.0. The Morgan fingerprint density at radius 2 is 2.00 bits per heavy atom. The van der Waals surface area contributed by atoms with E-state index in [1.54, 1.807) is 24.3 Å². The van der Waals surface area contributed by atoms with Crippen LogP contribution in [-0.4, -0.2) is 23.5 Å². The van der Waals surface area contributed by atoms with Gasteiger partial charge >= 0.3 is 5.97 Å². The van der Waals surface area contributed by atoms with E-state index in [1.807, 2.05) is 42.6 Å². The Kier molecular flexibility index (Phi) is 6.14. The van der Waals surface area contributed by atoms with Crippen molar-refractivity contribution in [3.8, 4) is 16.6 Å². The average Bonchev–Trinajstić information content (AvgIpc) is 3.15. The van der Waals surface area contributed by atoms with E-state index in [0.29, 0.717) is 16.9 Å². The van der Waals surface area contributed by atoms with Gasteiger partial charge in [0.05, 0.1) is 23.7 Å². The molecule has 0 saturated heterocycles. The van der Waals surface area contributed by atoms with Crippen LogP contribution in [0.5, 0.6) is 0 Å². The molecular weight excluding hydrogens is 374 g/mol. The number of carbonyl (C=O) groups excluding carboxylic acids is 2. The summed E-state index contributed by atoms with van der Waals surface area (Å²) in [7, 11) is 0. The van der Waals surface area contributed by atoms with Gasteiger partial charge in [-0.1, -0.05) is 23.8 Å². The van der Waals surface area contributed by atoms with Crippen molar-refractivity contribution in [1.29, 1.82) is 5.26 Å². The number of nitrogens with zero attached hydrogens (tertiary/aromatic N) is 2. The third-order valence-corrected chi connectivity index (χ3v) is 4.74. The fourth-order valence-corrected chi connectivity index (χ4v) is 3.29. The number of aromatic nitrogens is 1. The summed E-state index contributed by atoms with van der Waals surface area (Å²) in [4.78, 5) is 28.3. The highest BCUT2D eigenvalue weighted by Gasteiger charge is 2.12. The van der Waals surface area contributed by atoms with Gasteiger partial charge in [-0.15, -0.1) is 11.3 Å². The number of ether oxygens (including phenoxy) is 1. The van der Waals surface area contributed by atoms with E-state index < -0.39 is 11.9 Å². The number of nitriles is 1. The van der Waals surface area contributed by atoms with Gasteiger partial charge in [-0.05, 0) is 37.3 Å². The van der Waals surface area contributed by atoms with Crippen molar-refractivity contribution < 1.29 is 14.3 Å². The molecule has 0 radical (unpaired) electrons. The third kappa shape index (κ3) is 5.25. The fraction of sp³-hybridized carbons (Fsp3) is 0.143. The van der Waals surface area contributed by atoms with Gasteiger partial charge in [0.1, 0.15) is 5.01 Å². The maximum absolute atomic E-state index is 12.0. The first-order valence-electron chi connectivity index (χ1n) is 8.50. The van der Waals surface area contributed by atoms with E-state index in [0.717, 1.165) is 16.1 Å². The number of aryl methyl sites for hydroxylation is 1. The molecule has 3 aromatic rings. The van der Waals surface area contributed by atoms with Crippen molar-refractivity contribution >= 4 is 28.9 Å². The Hall–Kier alpha value is -3.50. The number of rotatable bonds is 6. The summed E-state index contributed by atoms with van der Waals surface area (Å²) in [5.74, 6) is -0.965. The predicted octanol–water partition coefficient (Wildman–Crippen LogP) is 3.71. The lowest BCUT2D eigenvalue weighted by molar-refractivity contribution is -0.146. The largest absolute Gasteiger partial charge is 0.455 e. The summed E-state index contributed by atoms with van der Waals surface area (Å²) in [5, 5.41) is 14.0. The molecule has 0 fully saturated rings. The normalized spacial score (nSPS) is 10.1. The molecule has 0 aliphatic heterocycles. The molecule has 0 aliphatic carbocycles. The molecule has 0 atom stereocenters. The number of hydrogen-bond acceptors (Lipinski definition) is 6. The zero-order valence-electron chi connectivity index (χ0n) is 15.1. The van der Waals surface area contributed by atoms with E-state index in [2.05, 4.69) is 10.3 Å².